The third-order valence-electron chi connectivity index (χ3n) is 5.95. The summed E-state index contributed by atoms with van der Waals surface area (Å²) in [6.45, 7) is 1.93. The number of halogens is 1. The standard InChI is InChI=1S/C28H24ClNO7/c1-4-37-28(34)17-5-10-19(11-6-17)30-24(16-7-12-20(35-2)13-8-16)23(26(32)27(30)33)25(31)21-15-18(29)9-14-22(21)36-3/h5-15,24,31H,4H2,1-3H3/b25-23+. The van der Waals surface area contributed by atoms with Gasteiger partial charge in [0.2, 0.25) is 0 Å². The Morgan fingerprint density at radius 2 is 1.65 bits per heavy atom. The summed E-state index contributed by atoms with van der Waals surface area (Å²) in [5.74, 6) is -1.79. The molecule has 0 aliphatic carbocycles. The van der Waals surface area contributed by atoms with Gasteiger partial charge in [0, 0.05) is 10.7 Å². The average Bonchev–Trinajstić information content (AvgIpc) is 3.18. The van der Waals surface area contributed by atoms with Gasteiger partial charge in [-0.25, -0.2) is 4.79 Å². The van der Waals surface area contributed by atoms with E-state index >= 15 is 0 Å². The molecule has 8 nitrogen and oxygen atoms in total. The van der Waals surface area contributed by atoms with Crippen molar-refractivity contribution in [2.45, 2.75) is 13.0 Å². The molecule has 1 N–H and O–H groups in total. The molecule has 37 heavy (non-hydrogen) atoms. The van der Waals surface area contributed by atoms with Crippen LogP contribution in [0.25, 0.3) is 5.76 Å². The summed E-state index contributed by atoms with van der Waals surface area (Å²) in [4.78, 5) is 40.1. The minimum atomic E-state index is -0.983. The van der Waals surface area contributed by atoms with Crippen LogP contribution in [0.4, 0.5) is 5.69 Å². The first-order valence-electron chi connectivity index (χ1n) is 11.4. The molecule has 3 aromatic rings. The number of aliphatic hydroxyl groups is 1. The van der Waals surface area contributed by atoms with E-state index in [9.17, 15) is 19.5 Å². The lowest BCUT2D eigenvalue weighted by atomic mass is 9.94. The second-order valence-electron chi connectivity index (χ2n) is 8.05. The summed E-state index contributed by atoms with van der Waals surface area (Å²) in [6.07, 6.45) is 0. The van der Waals surface area contributed by atoms with Crippen LogP contribution in [0, 0.1) is 0 Å². The van der Waals surface area contributed by atoms with E-state index in [-0.39, 0.29) is 23.5 Å². The van der Waals surface area contributed by atoms with Crippen molar-refractivity contribution < 1.29 is 33.7 Å². The average molecular weight is 522 g/mol. The molecular formula is C28H24ClNO7. The lowest BCUT2D eigenvalue weighted by Gasteiger charge is -2.26. The number of rotatable bonds is 7. The Balaban J connectivity index is 1.90. The highest BCUT2D eigenvalue weighted by molar-refractivity contribution is 6.51. The minimum Gasteiger partial charge on any atom is -0.507 e. The molecule has 1 saturated heterocycles. The first-order valence-corrected chi connectivity index (χ1v) is 11.7. The lowest BCUT2D eigenvalue weighted by molar-refractivity contribution is -0.132. The molecule has 1 unspecified atom stereocenters. The van der Waals surface area contributed by atoms with Crippen LogP contribution in [0.15, 0.2) is 72.3 Å². The number of amides is 1. The molecule has 1 heterocycles. The Morgan fingerprint density at radius 1 is 0.973 bits per heavy atom. The number of hydrogen-bond acceptors (Lipinski definition) is 7. The van der Waals surface area contributed by atoms with Crippen molar-refractivity contribution >= 4 is 40.7 Å². The van der Waals surface area contributed by atoms with Crippen LogP contribution < -0.4 is 14.4 Å². The number of methoxy groups -OCH3 is 2. The van der Waals surface area contributed by atoms with Gasteiger partial charge in [0.1, 0.15) is 17.3 Å². The van der Waals surface area contributed by atoms with E-state index in [1.165, 1.54) is 37.3 Å². The molecule has 190 valence electrons. The second kappa shape index (κ2) is 10.8. The van der Waals surface area contributed by atoms with Crippen molar-refractivity contribution in [1.82, 2.24) is 0 Å². The maximum atomic E-state index is 13.4. The molecule has 0 aromatic heterocycles. The lowest BCUT2D eigenvalue weighted by Crippen LogP contribution is -2.29. The fourth-order valence-corrected chi connectivity index (χ4v) is 4.36. The molecular weight excluding hydrogens is 498 g/mol. The van der Waals surface area contributed by atoms with Crippen molar-refractivity contribution in [2.75, 3.05) is 25.7 Å². The summed E-state index contributed by atoms with van der Waals surface area (Å²) in [7, 11) is 2.95. The molecule has 0 saturated carbocycles. The van der Waals surface area contributed by atoms with E-state index in [2.05, 4.69) is 0 Å². The molecule has 1 fully saturated rings. The van der Waals surface area contributed by atoms with Crippen molar-refractivity contribution in [2.24, 2.45) is 0 Å². The highest BCUT2D eigenvalue weighted by Crippen LogP contribution is 2.44. The smallest absolute Gasteiger partial charge is 0.338 e. The van der Waals surface area contributed by atoms with Crippen LogP contribution in [0.1, 0.15) is 34.5 Å². The molecule has 3 aromatic carbocycles. The van der Waals surface area contributed by atoms with Crippen LogP contribution in [-0.4, -0.2) is 43.6 Å². The van der Waals surface area contributed by atoms with Gasteiger partial charge in [-0.05, 0) is 67.1 Å². The molecule has 1 aliphatic heterocycles. The summed E-state index contributed by atoms with van der Waals surface area (Å²) in [5, 5.41) is 11.7. The van der Waals surface area contributed by atoms with E-state index in [0.29, 0.717) is 27.6 Å². The summed E-state index contributed by atoms with van der Waals surface area (Å²) in [6, 6.07) is 16.5. The summed E-state index contributed by atoms with van der Waals surface area (Å²) >= 11 is 6.16. The Hall–Kier alpha value is -4.30. The second-order valence-corrected chi connectivity index (χ2v) is 8.49. The van der Waals surface area contributed by atoms with Gasteiger partial charge in [-0.1, -0.05) is 23.7 Å². The zero-order valence-electron chi connectivity index (χ0n) is 20.4. The van der Waals surface area contributed by atoms with Crippen molar-refractivity contribution in [3.63, 3.8) is 0 Å². The maximum Gasteiger partial charge on any atom is 0.338 e. The SMILES string of the molecule is CCOC(=O)c1ccc(N2C(=O)C(=O)/C(=C(/O)c3cc(Cl)ccc3OC)C2c2ccc(OC)cc2)cc1. The number of aliphatic hydroxyl groups excluding tert-OH is 1. The molecule has 1 atom stereocenters. The van der Waals surface area contributed by atoms with Crippen molar-refractivity contribution in [3.05, 3.63) is 94.0 Å². The fraction of sp³-hybridized carbons (Fsp3) is 0.179. The quantitative estimate of drug-likeness (QED) is 0.198. The zero-order valence-corrected chi connectivity index (χ0v) is 21.1. The van der Waals surface area contributed by atoms with E-state index in [4.69, 9.17) is 25.8 Å². The van der Waals surface area contributed by atoms with Crippen LogP contribution in [-0.2, 0) is 14.3 Å². The molecule has 1 aliphatic rings. The number of esters is 1. The normalized spacial score (nSPS) is 16.5. The van der Waals surface area contributed by atoms with Crippen molar-refractivity contribution in [3.8, 4) is 11.5 Å². The van der Waals surface area contributed by atoms with Gasteiger partial charge in [0.25, 0.3) is 11.7 Å². The first-order chi connectivity index (χ1) is 17.8. The number of hydrogen-bond donors (Lipinski definition) is 1. The molecule has 0 spiro atoms. The first kappa shape index (κ1) is 25.8. The maximum absolute atomic E-state index is 13.4. The number of nitrogens with zero attached hydrogens (tertiary/aromatic N) is 1. The van der Waals surface area contributed by atoms with Crippen LogP contribution in [0.5, 0.6) is 11.5 Å². The Bertz CT molecular complexity index is 1380. The van der Waals surface area contributed by atoms with Gasteiger partial charge in [0.05, 0.1) is 43.6 Å². The van der Waals surface area contributed by atoms with Gasteiger partial charge in [-0.2, -0.15) is 0 Å². The highest BCUT2D eigenvalue weighted by atomic mass is 35.5. The fourth-order valence-electron chi connectivity index (χ4n) is 4.18. The van der Waals surface area contributed by atoms with Gasteiger partial charge < -0.3 is 19.3 Å². The Kier molecular flexibility index (Phi) is 7.50. The predicted molar refractivity (Wildman–Crippen MR) is 138 cm³/mol. The number of benzene rings is 3. The van der Waals surface area contributed by atoms with E-state index in [1.807, 2.05) is 0 Å². The largest absolute Gasteiger partial charge is 0.507 e. The summed E-state index contributed by atoms with van der Waals surface area (Å²) < 4.78 is 15.6. The highest BCUT2D eigenvalue weighted by Gasteiger charge is 2.47. The molecule has 4 rings (SSSR count). The molecule has 0 bridgehead atoms. The minimum absolute atomic E-state index is 0.134. The molecule has 0 radical (unpaired) electrons. The third kappa shape index (κ3) is 4.88. The van der Waals surface area contributed by atoms with Crippen LogP contribution >= 0.6 is 11.6 Å². The zero-order chi connectivity index (χ0) is 26.7. The van der Waals surface area contributed by atoms with E-state index in [1.54, 1.807) is 55.5 Å². The van der Waals surface area contributed by atoms with Crippen LogP contribution in [0.3, 0.4) is 0 Å². The number of carbonyl (C=O) groups excluding carboxylic acids is 3. The number of anilines is 1. The summed E-state index contributed by atoms with van der Waals surface area (Å²) in [5.41, 5.74) is 1.24. The van der Waals surface area contributed by atoms with Gasteiger partial charge in [-0.15, -0.1) is 0 Å². The number of Topliss-reactive ketones (excluding diaryl/α,β-unsaturated/α-hetero) is 1. The molecule has 9 heteroatoms. The van der Waals surface area contributed by atoms with Crippen molar-refractivity contribution in [1.29, 1.82) is 0 Å². The Labute approximate surface area is 218 Å². The van der Waals surface area contributed by atoms with E-state index < -0.39 is 29.5 Å². The number of ether oxygens (including phenoxy) is 3. The predicted octanol–water partition coefficient (Wildman–Crippen LogP) is 5.16. The van der Waals surface area contributed by atoms with Gasteiger partial charge >= 0.3 is 5.97 Å². The number of carbonyl (C=O) groups is 3. The Morgan fingerprint density at radius 3 is 2.24 bits per heavy atom. The third-order valence-corrected chi connectivity index (χ3v) is 6.18. The topological polar surface area (TPSA) is 102 Å². The van der Waals surface area contributed by atoms with Crippen LogP contribution in [0.2, 0.25) is 5.02 Å². The van der Waals surface area contributed by atoms with Gasteiger partial charge in [-0.3, -0.25) is 14.5 Å². The monoisotopic (exact) mass is 521 g/mol. The number of ketones is 1. The van der Waals surface area contributed by atoms with Gasteiger partial charge in [0.15, 0.2) is 0 Å². The molecule has 1 amide bonds. The van der Waals surface area contributed by atoms with E-state index in [0.717, 1.165) is 0 Å².